The quantitative estimate of drug-likeness (QED) is 0.892. The van der Waals surface area contributed by atoms with Crippen LogP contribution in [0.15, 0.2) is 47.4 Å². The molecule has 1 aliphatic carbocycles. The first kappa shape index (κ1) is 16.2. The number of rotatable bonds is 2. The molecule has 5 heteroatoms. The van der Waals surface area contributed by atoms with Crippen molar-refractivity contribution in [3.8, 4) is 0 Å². The fraction of sp³-hybridized carbons (Fsp3) is 0.300. The fourth-order valence-electron chi connectivity index (χ4n) is 3.62. The minimum absolute atomic E-state index is 0.0117. The van der Waals surface area contributed by atoms with Crippen molar-refractivity contribution in [2.24, 2.45) is 0 Å². The summed E-state index contributed by atoms with van der Waals surface area (Å²) in [5.41, 5.74) is 3.92. The first-order valence-electron chi connectivity index (χ1n) is 8.51. The maximum Gasteiger partial charge on any atom is 0.254 e. The Morgan fingerprint density at radius 2 is 2.04 bits per heavy atom. The average molecular weight is 352 g/mol. The zero-order chi connectivity index (χ0) is 17.6. The van der Waals surface area contributed by atoms with Crippen molar-refractivity contribution in [3.63, 3.8) is 0 Å². The van der Waals surface area contributed by atoms with Crippen LogP contribution in [0, 0.1) is 0 Å². The minimum atomic E-state index is -0.105. The number of benzene rings is 2. The molecule has 2 aromatic carbocycles. The molecule has 0 radical (unpaired) electrons. The van der Waals surface area contributed by atoms with Crippen LogP contribution in [-0.4, -0.2) is 29.0 Å². The summed E-state index contributed by atoms with van der Waals surface area (Å²) in [6.07, 6.45) is 1.96. The van der Waals surface area contributed by atoms with E-state index in [1.165, 1.54) is 22.9 Å². The van der Waals surface area contributed by atoms with Crippen molar-refractivity contribution >= 4 is 29.3 Å². The lowest BCUT2D eigenvalue weighted by Gasteiger charge is -2.27. The molecular formula is C20H20N2O2S. The number of hydrogen-bond donors (Lipinski definition) is 1. The summed E-state index contributed by atoms with van der Waals surface area (Å²) >= 11 is 1.53. The summed E-state index contributed by atoms with van der Waals surface area (Å²) in [6.45, 7) is 1.88. The maximum absolute atomic E-state index is 13.0. The summed E-state index contributed by atoms with van der Waals surface area (Å²) < 4.78 is 0. The van der Waals surface area contributed by atoms with Gasteiger partial charge < -0.3 is 10.2 Å². The summed E-state index contributed by atoms with van der Waals surface area (Å²) in [6, 6.07) is 14.0. The van der Waals surface area contributed by atoms with Crippen molar-refractivity contribution < 1.29 is 9.59 Å². The molecule has 4 nitrogen and oxygen atoms in total. The van der Waals surface area contributed by atoms with Crippen LogP contribution in [0.25, 0.3) is 0 Å². The van der Waals surface area contributed by atoms with Gasteiger partial charge in [0, 0.05) is 17.5 Å². The highest BCUT2D eigenvalue weighted by atomic mass is 32.2. The molecule has 0 saturated carbocycles. The Bertz CT molecular complexity index is 865. The van der Waals surface area contributed by atoms with Gasteiger partial charge in [0.1, 0.15) is 0 Å². The van der Waals surface area contributed by atoms with Crippen LogP contribution in [-0.2, 0) is 11.2 Å². The zero-order valence-electron chi connectivity index (χ0n) is 14.3. The Morgan fingerprint density at radius 1 is 1.24 bits per heavy atom. The summed E-state index contributed by atoms with van der Waals surface area (Å²) in [4.78, 5) is 27.7. The summed E-state index contributed by atoms with van der Waals surface area (Å²) in [5.74, 6) is -0.0254. The monoisotopic (exact) mass is 352 g/mol. The van der Waals surface area contributed by atoms with Crippen LogP contribution >= 0.6 is 11.8 Å². The number of thioether (sulfide) groups is 1. The number of nitrogens with zero attached hydrogens (tertiary/aromatic N) is 1. The van der Waals surface area contributed by atoms with E-state index in [1.54, 1.807) is 6.07 Å². The smallest absolute Gasteiger partial charge is 0.254 e. The van der Waals surface area contributed by atoms with Crippen molar-refractivity contribution in [3.05, 3.63) is 59.2 Å². The second kappa shape index (κ2) is 6.23. The first-order valence-corrected chi connectivity index (χ1v) is 9.39. The van der Waals surface area contributed by atoms with E-state index < -0.39 is 0 Å². The Morgan fingerprint density at radius 3 is 2.88 bits per heavy atom. The van der Waals surface area contributed by atoms with Crippen molar-refractivity contribution in [2.45, 2.75) is 36.0 Å². The molecular weight excluding hydrogens is 332 g/mol. The molecule has 25 heavy (non-hydrogen) atoms. The molecule has 1 aliphatic heterocycles. The van der Waals surface area contributed by atoms with Crippen LogP contribution in [0.4, 0.5) is 5.69 Å². The maximum atomic E-state index is 13.0. The number of fused-ring (bicyclic) bond motifs is 2. The van der Waals surface area contributed by atoms with E-state index in [9.17, 15) is 9.59 Å². The van der Waals surface area contributed by atoms with Gasteiger partial charge in [0.2, 0.25) is 5.91 Å². The van der Waals surface area contributed by atoms with Gasteiger partial charge >= 0.3 is 0 Å². The first-order chi connectivity index (χ1) is 12.0. The van der Waals surface area contributed by atoms with Crippen molar-refractivity contribution in [1.29, 1.82) is 0 Å². The second-order valence-corrected chi connectivity index (χ2v) is 8.01. The standard InChI is InChI=1S/C20H20N2O2S/c1-12-19(23)21-16-11-14(8-10-18(16)25-12)20(24)22(2)17-9-7-13-5-3-4-6-15(13)17/h3-6,8,10-12,17H,7,9H2,1-2H3,(H,21,23)/t12-,17-/m0/s1. The average Bonchev–Trinajstić information content (AvgIpc) is 3.05. The Balaban J connectivity index is 1.60. The third-order valence-corrected chi connectivity index (χ3v) is 6.22. The van der Waals surface area contributed by atoms with Crippen LogP contribution in [0.5, 0.6) is 0 Å². The van der Waals surface area contributed by atoms with Crippen LogP contribution in [0.1, 0.15) is 40.9 Å². The molecule has 0 aromatic heterocycles. The number of carbonyl (C=O) groups is 2. The minimum Gasteiger partial charge on any atom is -0.335 e. The van der Waals surface area contributed by atoms with Crippen LogP contribution in [0.2, 0.25) is 0 Å². The number of hydrogen-bond acceptors (Lipinski definition) is 3. The molecule has 0 fully saturated rings. The lowest BCUT2D eigenvalue weighted by atomic mass is 10.1. The lowest BCUT2D eigenvalue weighted by molar-refractivity contribution is -0.115. The van der Waals surface area contributed by atoms with E-state index >= 15 is 0 Å². The second-order valence-electron chi connectivity index (χ2n) is 6.63. The molecule has 4 rings (SSSR count). The van der Waals surface area contributed by atoms with Gasteiger partial charge in [-0.3, -0.25) is 9.59 Å². The molecule has 2 atom stereocenters. The number of anilines is 1. The predicted molar refractivity (Wildman–Crippen MR) is 100.0 cm³/mol. The molecule has 128 valence electrons. The molecule has 0 unspecified atom stereocenters. The molecule has 1 N–H and O–H groups in total. The van der Waals surface area contributed by atoms with Gasteiger partial charge in [0.05, 0.1) is 17.0 Å². The largest absolute Gasteiger partial charge is 0.335 e. The summed E-state index contributed by atoms with van der Waals surface area (Å²) in [7, 11) is 1.87. The van der Waals surface area contributed by atoms with Crippen molar-refractivity contribution in [1.82, 2.24) is 4.90 Å². The van der Waals surface area contributed by atoms with E-state index in [0.29, 0.717) is 5.56 Å². The van der Waals surface area contributed by atoms with Gasteiger partial charge in [0.15, 0.2) is 0 Å². The van der Waals surface area contributed by atoms with Gasteiger partial charge in [-0.2, -0.15) is 0 Å². The summed E-state index contributed by atoms with van der Waals surface area (Å²) in [5, 5.41) is 2.79. The molecule has 2 amide bonds. The van der Waals surface area contributed by atoms with Crippen LogP contribution in [0.3, 0.4) is 0 Å². The van der Waals surface area contributed by atoms with E-state index in [2.05, 4.69) is 17.4 Å². The molecule has 1 heterocycles. The van der Waals surface area contributed by atoms with Gasteiger partial charge in [-0.05, 0) is 49.1 Å². The fourth-order valence-corrected chi connectivity index (χ4v) is 4.55. The van der Waals surface area contributed by atoms with E-state index in [0.717, 1.165) is 23.4 Å². The lowest BCUT2D eigenvalue weighted by Crippen LogP contribution is -2.31. The van der Waals surface area contributed by atoms with E-state index in [-0.39, 0.29) is 23.1 Å². The predicted octanol–water partition coefficient (Wildman–Crippen LogP) is 3.88. The Kier molecular flexibility index (Phi) is 4.04. The molecule has 0 saturated heterocycles. The van der Waals surface area contributed by atoms with Gasteiger partial charge in [0.25, 0.3) is 5.91 Å². The Hall–Kier alpha value is -2.27. The van der Waals surface area contributed by atoms with Gasteiger partial charge in [-0.15, -0.1) is 11.8 Å². The van der Waals surface area contributed by atoms with Gasteiger partial charge in [-0.25, -0.2) is 0 Å². The third-order valence-electron chi connectivity index (χ3n) is 5.05. The van der Waals surface area contributed by atoms with Gasteiger partial charge in [-0.1, -0.05) is 24.3 Å². The number of nitrogens with one attached hydrogen (secondary N) is 1. The molecule has 2 aliphatic rings. The topological polar surface area (TPSA) is 49.4 Å². The Labute approximate surface area is 151 Å². The normalized spacial score (nSPS) is 21.3. The highest BCUT2D eigenvalue weighted by molar-refractivity contribution is 8.00. The molecule has 0 bridgehead atoms. The van der Waals surface area contributed by atoms with E-state index in [4.69, 9.17) is 0 Å². The number of aryl methyl sites for hydroxylation is 1. The highest BCUT2D eigenvalue weighted by Gasteiger charge is 2.30. The molecule has 0 spiro atoms. The van der Waals surface area contributed by atoms with Crippen molar-refractivity contribution in [2.75, 3.05) is 12.4 Å². The number of carbonyl (C=O) groups excluding carboxylic acids is 2. The zero-order valence-corrected chi connectivity index (χ0v) is 15.1. The molecule has 2 aromatic rings. The number of amides is 2. The SMILES string of the molecule is C[C@@H]1Sc2ccc(C(=O)N(C)[C@H]3CCc4ccccc43)cc2NC1=O. The third kappa shape index (κ3) is 2.82. The van der Waals surface area contributed by atoms with Crippen LogP contribution < -0.4 is 5.32 Å². The highest BCUT2D eigenvalue weighted by Crippen LogP contribution is 2.38. The van der Waals surface area contributed by atoms with E-state index in [1.807, 2.05) is 43.1 Å².